The van der Waals surface area contributed by atoms with Gasteiger partial charge in [0, 0.05) is 11.8 Å². The number of nitrogens with zero attached hydrogens (tertiary/aromatic N) is 2. The molecule has 2 aromatic heterocycles. The van der Waals surface area contributed by atoms with Crippen molar-refractivity contribution in [1.29, 1.82) is 0 Å². The van der Waals surface area contributed by atoms with Crippen LogP contribution in [-0.4, -0.2) is 15.7 Å². The van der Waals surface area contributed by atoms with Gasteiger partial charge in [-0.15, -0.1) is 0 Å². The Bertz CT molecular complexity index is 576. The standard InChI is InChI=1S/C13H14N2O2/c1-9-8-10(2)15(14-9)13(16)7-6-12-5-4-11(3)17-12/h4-8H,1-3H3/b7-6+. The van der Waals surface area contributed by atoms with Gasteiger partial charge in [-0.05, 0) is 45.0 Å². The zero-order chi connectivity index (χ0) is 12.4. The number of carbonyl (C=O) groups excluding carboxylic acids is 1. The molecule has 0 amide bonds. The lowest BCUT2D eigenvalue weighted by Crippen LogP contribution is -2.10. The SMILES string of the molecule is Cc1cc(C)n(C(=O)/C=C/c2ccc(C)o2)n1. The largest absolute Gasteiger partial charge is 0.462 e. The Labute approximate surface area is 99.6 Å². The van der Waals surface area contributed by atoms with E-state index in [1.165, 1.54) is 10.8 Å². The Kier molecular flexibility index (Phi) is 2.95. The molecule has 88 valence electrons. The molecule has 0 fully saturated rings. The van der Waals surface area contributed by atoms with Gasteiger partial charge >= 0.3 is 0 Å². The average Bonchev–Trinajstić information content (AvgIpc) is 2.81. The summed E-state index contributed by atoms with van der Waals surface area (Å²) in [4.78, 5) is 11.8. The van der Waals surface area contributed by atoms with Crippen LogP contribution < -0.4 is 0 Å². The van der Waals surface area contributed by atoms with Crippen LogP contribution in [0.15, 0.2) is 28.7 Å². The summed E-state index contributed by atoms with van der Waals surface area (Å²) < 4.78 is 6.71. The Hall–Kier alpha value is -2.10. The Balaban J connectivity index is 2.17. The number of carbonyl (C=O) groups is 1. The second kappa shape index (κ2) is 4.41. The maximum absolute atomic E-state index is 11.8. The molecular weight excluding hydrogens is 216 g/mol. The third-order valence-electron chi connectivity index (χ3n) is 2.37. The number of aryl methyl sites for hydroxylation is 3. The first-order valence-electron chi connectivity index (χ1n) is 5.38. The van der Waals surface area contributed by atoms with Crippen molar-refractivity contribution >= 4 is 12.0 Å². The second-order valence-corrected chi connectivity index (χ2v) is 3.96. The topological polar surface area (TPSA) is 48.0 Å². The molecule has 0 saturated heterocycles. The van der Waals surface area contributed by atoms with E-state index in [0.29, 0.717) is 5.76 Å². The van der Waals surface area contributed by atoms with Gasteiger partial charge in [0.25, 0.3) is 5.91 Å². The van der Waals surface area contributed by atoms with Gasteiger partial charge in [-0.3, -0.25) is 4.79 Å². The molecule has 0 bridgehead atoms. The summed E-state index contributed by atoms with van der Waals surface area (Å²) in [6, 6.07) is 5.54. The predicted molar refractivity (Wildman–Crippen MR) is 64.8 cm³/mol. The second-order valence-electron chi connectivity index (χ2n) is 3.96. The highest BCUT2D eigenvalue weighted by Crippen LogP contribution is 2.08. The number of furan rings is 1. The van der Waals surface area contributed by atoms with Crippen molar-refractivity contribution in [2.45, 2.75) is 20.8 Å². The normalized spacial score (nSPS) is 11.2. The van der Waals surface area contributed by atoms with E-state index in [0.717, 1.165) is 17.1 Å². The predicted octanol–water partition coefficient (Wildman–Crippen LogP) is 2.75. The van der Waals surface area contributed by atoms with Crippen molar-refractivity contribution in [3.63, 3.8) is 0 Å². The monoisotopic (exact) mass is 230 g/mol. The van der Waals surface area contributed by atoms with Gasteiger partial charge in [0.1, 0.15) is 11.5 Å². The molecule has 0 aromatic carbocycles. The Morgan fingerprint density at radius 2 is 2.12 bits per heavy atom. The van der Waals surface area contributed by atoms with Crippen LogP contribution in [0, 0.1) is 20.8 Å². The Morgan fingerprint density at radius 3 is 2.65 bits per heavy atom. The molecule has 17 heavy (non-hydrogen) atoms. The molecule has 0 atom stereocenters. The molecule has 4 heteroatoms. The molecule has 0 radical (unpaired) electrons. The summed E-state index contributed by atoms with van der Waals surface area (Å²) in [7, 11) is 0. The van der Waals surface area contributed by atoms with E-state index in [4.69, 9.17) is 4.42 Å². The van der Waals surface area contributed by atoms with Crippen LogP contribution in [0.25, 0.3) is 6.08 Å². The van der Waals surface area contributed by atoms with Crippen LogP contribution in [-0.2, 0) is 0 Å². The summed E-state index contributed by atoms with van der Waals surface area (Å²) in [5.74, 6) is 1.31. The van der Waals surface area contributed by atoms with E-state index >= 15 is 0 Å². The van der Waals surface area contributed by atoms with Crippen molar-refractivity contribution in [3.05, 3.63) is 47.2 Å². The minimum absolute atomic E-state index is 0.176. The van der Waals surface area contributed by atoms with Gasteiger partial charge in [0.2, 0.25) is 0 Å². The van der Waals surface area contributed by atoms with E-state index in [9.17, 15) is 4.79 Å². The van der Waals surface area contributed by atoms with Crippen molar-refractivity contribution in [2.75, 3.05) is 0 Å². The number of allylic oxidation sites excluding steroid dienone is 1. The maximum Gasteiger partial charge on any atom is 0.271 e. The number of hydrogen-bond donors (Lipinski definition) is 0. The first-order valence-corrected chi connectivity index (χ1v) is 5.38. The molecule has 0 saturated carbocycles. The van der Waals surface area contributed by atoms with Crippen molar-refractivity contribution in [3.8, 4) is 0 Å². The summed E-state index contributed by atoms with van der Waals surface area (Å²) in [6.07, 6.45) is 3.10. The van der Waals surface area contributed by atoms with Crippen molar-refractivity contribution in [2.24, 2.45) is 0 Å². The fourth-order valence-electron chi connectivity index (χ4n) is 1.62. The minimum atomic E-state index is -0.176. The van der Waals surface area contributed by atoms with E-state index in [1.807, 2.05) is 39.0 Å². The number of aromatic nitrogens is 2. The highest BCUT2D eigenvalue weighted by atomic mass is 16.3. The number of hydrogen-bond acceptors (Lipinski definition) is 3. The molecule has 4 nitrogen and oxygen atoms in total. The maximum atomic E-state index is 11.8. The van der Waals surface area contributed by atoms with Gasteiger partial charge in [0.15, 0.2) is 0 Å². The van der Waals surface area contributed by atoms with Crippen LogP contribution in [0.5, 0.6) is 0 Å². The molecule has 0 aliphatic rings. The highest BCUT2D eigenvalue weighted by Gasteiger charge is 2.06. The van der Waals surface area contributed by atoms with Gasteiger partial charge < -0.3 is 4.42 Å². The summed E-state index contributed by atoms with van der Waals surface area (Å²) >= 11 is 0. The van der Waals surface area contributed by atoms with Gasteiger partial charge in [0.05, 0.1) is 5.69 Å². The summed E-state index contributed by atoms with van der Waals surface area (Å²) in [6.45, 7) is 5.57. The molecule has 0 unspecified atom stereocenters. The molecule has 2 rings (SSSR count). The van der Waals surface area contributed by atoms with E-state index in [1.54, 1.807) is 6.08 Å². The molecule has 0 N–H and O–H groups in total. The first kappa shape index (κ1) is 11.4. The van der Waals surface area contributed by atoms with Gasteiger partial charge in [-0.1, -0.05) is 0 Å². The van der Waals surface area contributed by atoms with Gasteiger partial charge in [-0.25, -0.2) is 4.68 Å². The quantitative estimate of drug-likeness (QED) is 0.745. The van der Waals surface area contributed by atoms with E-state index < -0.39 is 0 Å². The van der Waals surface area contributed by atoms with Crippen LogP contribution in [0.1, 0.15) is 27.7 Å². The van der Waals surface area contributed by atoms with Crippen LogP contribution in [0.4, 0.5) is 0 Å². The van der Waals surface area contributed by atoms with Crippen LogP contribution in [0.3, 0.4) is 0 Å². The molecule has 0 spiro atoms. The number of rotatable bonds is 2. The molecule has 0 aliphatic carbocycles. The molecule has 2 heterocycles. The molecule has 0 aliphatic heterocycles. The van der Waals surface area contributed by atoms with Crippen LogP contribution >= 0.6 is 0 Å². The fraction of sp³-hybridized carbons (Fsp3) is 0.231. The van der Waals surface area contributed by atoms with Crippen molar-refractivity contribution < 1.29 is 9.21 Å². The first-order chi connectivity index (χ1) is 8.06. The van der Waals surface area contributed by atoms with E-state index in [-0.39, 0.29) is 5.91 Å². The van der Waals surface area contributed by atoms with Gasteiger partial charge in [-0.2, -0.15) is 5.10 Å². The minimum Gasteiger partial charge on any atom is -0.462 e. The molecule has 2 aromatic rings. The lowest BCUT2D eigenvalue weighted by molar-refractivity contribution is 0.0952. The third kappa shape index (κ3) is 2.53. The summed E-state index contributed by atoms with van der Waals surface area (Å²) in [5, 5.41) is 4.11. The van der Waals surface area contributed by atoms with E-state index in [2.05, 4.69) is 5.10 Å². The Morgan fingerprint density at radius 1 is 1.35 bits per heavy atom. The lowest BCUT2D eigenvalue weighted by atomic mass is 10.3. The third-order valence-corrected chi connectivity index (χ3v) is 2.37. The highest BCUT2D eigenvalue weighted by molar-refractivity contribution is 5.93. The smallest absolute Gasteiger partial charge is 0.271 e. The zero-order valence-corrected chi connectivity index (χ0v) is 10.1. The lowest BCUT2D eigenvalue weighted by Gasteiger charge is -1.96. The summed E-state index contributed by atoms with van der Waals surface area (Å²) in [5.41, 5.74) is 1.66. The molecular formula is C13H14N2O2. The van der Waals surface area contributed by atoms with Crippen molar-refractivity contribution in [1.82, 2.24) is 9.78 Å². The average molecular weight is 230 g/mol. The zero-order valence-electron chi connectivity index (χ0n) is 10.1. The van der Waals surface area contributed by atoms with Crippen LogP contribution in [0.2, 0.25) is 0 Å². The fourth-order valence-corrected chi connectivity index (χ4v) is 1.62.